The van der Waals surface area contributed by atoms with E-state index in [4.69, 9.17) is 0 Å². The van der Waals surface area contributed by atoms with Gasteiger partial charge in [0.15, 0.2) is 5.28 Å². The van der Waals surface area contributed by atoms with Crippen molar-refractivity contribution in [1.82, 2.24) is 0 Å². The quantitative estimate of drug-likeness (QED) is 0.628. The lowest BCUT2D eigenvalue weighted by atomic mass is 10.0. The summed E-state index contributed by atoms with van der Waals surface area (Å²) in [5.41, 5.74) is 3.55. The van der Waals surface area contributed by atoms with Gasteiger partial charge in [-0.05, 0) is 23.3 Å². The fourth-order valence-electron chi connectivity index (χ4n) is 3.46. The summed E-state index contributed by atoms with van der Waals surface area (Å²) < 4.78 is 12.7. The molecule has 0 fully saturated rings. The normalized spacial score (nSPS) is 14.8. The largest absolute Gasteiger partial charge is 0.362 e. The Bertz CT molecular complexity index is 904. The van der Waals surface area contributed by atoms with Gasteiger partial charge in [0.25, 0.3) is 0 Å². The van der Waals surface area contributed by atoms with Gasteiger partial charge in [-0.15, -0.1) is 0 Å². The minimum absolute atomic E-state index is 0.600. The van der Waals surface area contributed by atoms with Gasteiger partial charge in [-0.2, -0.15) is 0 Å². The molecule has 5 heteroatoms. The van der Waals surface area contributed by atoms with Crippen LogP contribution in [0.4, 0.5) is 5.69 Å². The van der Waals surface area contributed by atoms with Crippen LogP contribution in [0.15, 0.2) is 78.9 Å². The third-order valence-electron chi connectivity index (χ3n) is 4.46. The molecule has 0 amide bonds. The number of hydrogen-bond acceptors (Lipinski definition) is 2. The van der Waals surface area contributed by atoms with Gasteiger partial charge in [0, 0.05) is 16.8 Å². The molecule has 4 rings (SSSR count). The Labute approximate surface area is 140 Å². The molecule has 1 aliphatic carbocycles. The molecule has 0 unspecified atom stereocenters. The fraction of sp³-hybridized carbons (Fsp3) is 0.0526. The molecule has 0 spiro atoms. The van der Waals surface area contributed by atoms with E-state index in [1.165, 1.54) is 0 Å². The molecule has 0 saturated carbocycles. The molecule has 120 valence electrons. The number of fused-ring (bicyclic) bond motifs is 3. The maximum Gasteiger partial charge on any atom is 0.359 e. The van der Waals surface area contributed by atoms with Gasteiger partial charge >= 0.3 is 7.60 Å². The van der Waals surface area contributed by atoms with Crippen LogP contribution in [-0.4, -0.2) is 9.79 Å². The molecule has 4 nitrogen and oxygen atoms in total. The van der Waals surface area contributed by atoms with Crippen molar-refractivity contribution in [2.75, 3.05) is 5.32 Å². The van der Waals surface area contributed by atoms with Crippen molar-refractivity contribution in [2.45, 2.75) is 5.28 Å². The highest BCUT2D eigenvalue weighted by Crippen LogP contribution is 2.66. The fourth-order valence-corrected chi connectivity index (χ4v) is 4.76. The lowest BCUT2D eigenvalue weighted by Gasteiger charge is -2.34. The van der Waals surface area contributed by atoms with Gasteiger partial charge in [0.2, 0.25) is 0 Å². The molecule has 0 bridgehead atoms. The van der Waals surface area contributed by atoms with Gasteiger partial charge in [0.05, 0.1) is 0 Å². The second-order valence-corrected chi connectivity index (χ2v) is 7.60. The Balaban J connectivity index is 2.05. The van der Waals surface area contributed by atoms with E-state index in [9.17, 15) is 14.4 Å². The third kappa shape index (κ3) is 2.05. The molecular formula is C19H16NO3P. The van der Waals surface area contributed by atoms with Crippen LogP contribution in [0, 0.1) is 0 Å². The van der Waals surface area contributed by atoms with E-state index in [-0.39, 0.29) is 0 Å². The Kier molecular flexibility index (Phi) is 3.36. The minimum atomic E-state index is -4.59. The van der Waals surface area contributed by atoms with Gasteiger partial charge in [0.1, 0.15) is 0 Å². The molecule has 0 aliphatic heterocycles. The summed E-state index contributed by atoms with van der Waals surface area (Å²) >= 11 is 0. The molecule has 3 N–H and O–H groups in total. The maximum atomic E-state index is 12.7. The molecule has 0 heterocycles. The minimum Gasteiger partial charge on any atom is -0.362 e. The van der Waals surface area contributed by atoms with E-state index >= 15 is 0 Å². The highest BCUT2D eigenvalue weighted by Gasteiger charge is 2.55. The monoisotopic (exact) mass is 337 g/mol. The van der Waals surface area contributed by atoms with Crippen molar-refractivity contribution in [3.05, 3.63) is 90.0 Å². The summed E-state index contributed by atoms with van der Waals surface area (Å²) in [4.78, 5) is 20.7. The third-order valence-corrected chi connectivity index (χ3v) is 5.93. The van der Waals surface area contributed by atoms with E-state index < -0.39 is 12.9 Å². The second kappa shape index (κ2) is 5.32. The lowest BCUT2D eigenvalue weighted by molar-refractivity contribution is 0.348. The number of para-hydroxylation sites is 1. The van der Waals surface area contributed by atoms with E-state index in [1.807, 2.05) is 54.6 Å². The molecule has 1 aliphatic rings. The van der Waals surface area contributed by atoms with Crippen molar-refractivity contribution in [2.24, 2.45) is 0 Å². The topological polar surface area (TPSA) is 69.6 Å². The first-order chi connectivity index (χ1) is 11.5. The van der Waals surface area contributed by atoms with Crippen molar-refractivity contribution >= 4 is 13.3 Å². The number of benzene rings is 3. The van der Waals surface area contributed by atoms with Gasteiger partial charge < -0.3 is 15.1 Å². The van der Waals surface area contributed by atoms with Crippen molar-refractivity contribution in [1.29, 1.82) is 0 Å². The van der Waals surface area contributed by atoms with Crippen LogP contribution in [0.5, 0.6) is 0 Å². The van der Waals surface area contributed by atoms with Crippen LogP contribution in [0.3, 0.4) is 0 Å². The van der Waals surface area contributed by atoms with Crippen LogP contribution < -0.4 is 5.32 Å². The molecule has 0 atom stereocenters. The summed E-state index contributed by atoms with van der Waals surface area (Å²) in [5, 5.41) is 1.56. The molecule has 0 saturated heterocycles. The van der Waals surface area contributed by atoms with Crippen LogP contribution in [-0.2, 0) is 9.85 Å². The van der Waals surface area contributed by atoms with E-state index in [1.54, 1.807) is 24.3 Å². The zero-order valence-electron chi connectivity index (χ0n) is 12.8. The molecule has 3 aromatic carbocycles. The highest BCUT2D eigenvalue weighted by atomic mass is 31.2. The summed E-state index contributed by atoms with van der Waals surface area (Å²) in [6.07, 6.45) is 0. The van der Waals surface area contributed by atoms with Crippen molar-refractivity contribution < 1.29 is 14.4 Å². The lowest BCUT2D eigenvalue weighted by Crippen LogP contribution is -2.34. The Morgan fingerprint density at radius 1 is 0.708 bits per heavy atom. The first kappa shape index (κ1) is 15.2. The predicted octanol–water partition coefficient (Wildman–Crippen LogP) is 4.16. The van der Waals surface area contributed by atoms with Crippen LogP contribution in [0.25, 0.3) is 11.1 Å². The molecule has 3 aromatic rings. The number of anilines is 1. The van der Waals surface area contributed by atoms with Crippen LogP contribution in [0.2, 0.25) is 0 Å². The SMILES string of the molecule is O=P(O)(O)C1(Nc2ccccc2)c2ccccc2-c2ccccc21. The number of nitrogens with one attached hydrogen (secondary N) is 1. The van der Waals surface area contributed by atoms with Gasteiger partial charge in [-0.1, -0.05) is 66.7 Å². The zero-order chi connectivity index (χ0) is 16.8. The number of hydrogen-bond donors (Lipinski definition) is 3. The predicted molar refractivity (Wildman–Crippen MR) is 94.8 cm³/mol. The van der Waals surface area contributed by atoms with Crippen molar-refractivity contribution in [3.63, 3.8) is 0 Å². The molecule has 0 aromatic heterocycles. The summed E-state index contributed by atoms with van der Waals surface area (Å²) in [6.45, 7) is 0. The van der Waals surface area contributed by atoms with Gasteiger partial charge in [-0.3, -0.25) is 4.57 Å². The van der Waals surface area contributed by atoms with Crippen molar-refractivity contribution in [3.8, 4) is 11.1 Å². The van der Waals surface area contributed by atoms with Crippen LogP contribution in [0.1, 0.15) is 11.1 Å². The molecular weight excluding hydrogens is 321 g/mol. The second-order valence-electron chi connectivity index (χ2n) is 5.84. The first-order valence-electron chi connectivity index (χ1n) is 7.62. The molecule has 24 heavy (non-hydrogen) atoms. The zero-order valence-corrected chi connectivity index (χ0v) is 13.6. The molecule has 0 radical (unpaired) electrons. The average molecular weight is 337 g/mol. The summed E-state index contributed by atoms with van der Waals surface area (Å²) in [6, 6.07) is 23.9. The summed E-state index contributed by atoms with van der Waals surface area (Å²) in [5.74, 6) is 0. The average Bonchev–Trinajstić information content (AvgIpc) is 2.88. The van der Waals surface area contributed by atoms with Gasteiger partial charge in [-0.25, -0.2) is 0 Å². The first-order valence-corrected chi connectivity index (χ1v) is 9.23. The van der Waals surface area contributed by atoms with E-state index in [0.29, 0.717) is 16.8 Å². The number of rotatable bonds is 3. The standard InChI is InChI=1S/C19H16NO3P/c21-24(22,23)19(20-14-8-2-1-3-9-14)17-12-6-4-10-15(17)16-11-5-7-13-18(16)19/h1-13,20H,(H2,21,22,23). The van der Waals surface area contributed by atoms with Crippen LogP contribution >= 0.6 is 7.60 Å². The highest BCUT2D eigenvalue weighted by molar-refractivity contribution is 7.53. The Morgan fingerprint density at radius 3 is 1.67 bits per heavy atom. The van der Waals surface area contributed by atoms with E-state index in [2.05, 4.69) is 5.32 Å². The Hall–Kier alpha value is -2.39. The maximum absolute atomic E-state index is 12.7. The Morgan fingerprint density at radius 2 is 1.17 bits per heavy atom. The smallest absolute Gasteiger partial charge is 0.359 e. The van der Waals surface area contributed by atoms with E-state index in [0.717, 1.165) is 11.1 Å². The summed E-state index contributed by atoms with van der Waals surface area (Å²) in [7, 11) is -4.59.